The minimum atomic E-state index is -6.23. The first-order chi connectivity index (χ1) is 14.6. The molecule has 0 bridgehead atoms. The highest BCUT2D eigenvalue weighted by Crippen LogP contribution is 2.48. The first-order valence-electron chi connectivity index (χ1n) is 11.6. The Bertz CT molecular complexity index is 450. The minimum Gasteiger partial charge on any atom is -0.353 e. The molecule has 0 aromatic heterocycles. The van der Waals surface area contributed by atoms with Crippen molar-refractivity contribution in [3.63, 3.8) is 0 Å². The summed E-state index contributed by atoms with van der Waals surface area (Å²) in [5, 5.41) is 0. The third-order valence-corrected chi connectivity index (χ3v) is 5.64. The normalized spacial score (nSPS) is 18.1. The second kappa shape index (κ2) is 14.6. The molecule has 0 aliphatic carbocycles. The summed E-state index contributed by atoms with van der Waals surface area (Å²) < 4.78 is 98.9. The highest BCUT2D eigenvalue weighted by molar-refractivity contribution is 4.90. The fourth-order valence-corrected chi connectivity index (χ4v) is 3.65. The number of halogens is 7. The number of hydrogen-bond acceptors (Lipinski definition) is 2. The first kappa shape index (κ1) is 28.5. The molecule has 0 aromatic carbocycles. The van der Waals surface area contributed by atoms with E-state index in [4.69, 9.17) is 9.47 Å². The maximum atomic E-state index is 13.1. The molecule has 1 unspecified atom stereocenters. The first-order valence-corrected chi connectivity index (χ1v) is 11.6. The van der Waals surface area contributed by atoms with Gasteiger partial charge in [0.1, 0.15) is 0 Å². The van der Waals surface area contributed by atoms with Crippen molar-refractivity contribution in [2.24, 2.45) is 0 Å². The van der Waals surface area contributed by atoms with Crippen molar-refractivity contribution < 1.29 is 40.2 Å². The Kier molecular flexibility index (Phi) is 13.4. The molecular weight excluding hydrogens is 429 g/mol. The molecule has 31 heavy (non-hydrogen) atoms. The van der Waals surface area contributed by atoms with Crippen LogP contribution in [0.3, 0.4) is 0 Å². The molecule has 0 aromatic rings. The smallest absolute Gasteiger partial charge is 0.353 e. The van der Waals surface area contributed by atoms with Gasteiger partial charge in [0.05, 0.1) is 0 Å². The van der Waals surface area contributed by atoms with Gasteiger partial charge in [-0.1, -0.05) is 70.6 Å². The van der Waals surface area contributed by atoms with E-state index in [0.717, 1.165) is 71.0 Å². The van der Waals surface area contributed by atoms with Crippen molar-refractivity contribution in [1.82, 2.24) is 0 Å². The number of hydrogen-bond donors (Lipinski definition) is 0. The number of ether oxygens (including phenoxy) is 2. The Balaban J connectivity index is 1.84. The maximum absolute atomic E-state index is 13.1. The van der Waals surface area contributed by atoms with E-state index in [9.17, 15) is 30.7 Å². The quantitative estimate of drug-likeness (QED) is 0.149. The van der Waals surface area contributed by atoms with Crippen LogP contribution < -0.4 is 0 Å². The van der Waals surface area contributed by atoms with Crippen LogP contribution >= 0.6 is 0 Å². The van der Waals surface area contributed by atoms with Crippen molar-refractivity contribution in [3.8, 4) is 0 Å². The van der Waals surface area contributed by atoms with Gasteiger partial charge in [-0.3, -0.25) is 0 Å². The van der Waals surface area contributed by atoms with Gasteiger partial charge >= 0.3 is 18.0 Å². The van der Waals surface area contributed by atoms with Crippen molar-refractivity contribution in [1.29, 1.82) is 0 Å². The zero-order valence-electron chi connectivity index (χ0n) is 18.3. The third kappa shape index (κ3) is 11.2. The molecule has 0 spiro atoms. The van der Waals surface area contributed by atoms with Gasteiger partial charge in [-0.05, 0) is 19.3 Å². The molecule has 1 rings (SSSR count). The van der Waals surface area contributed by atoms with Gasteiger partial charge in [0, 0.05) is 26.1 Å². The van der Waals surface area contributed by atoms with Crippen LogP contribution in [-0.2, 0) is 9.47 Å². The van der Waals surface area contributed by atoms with E-state index in [0.29, 0.717) is 6.42 Å². The second-order valence-corrected chi connectivity index (χ2v) is 8.44. The van der Waals surface area contributed by atoms with Gasteiger partial charge < -0.3 is 9.47 Å². The van der Waals surface area contributed by atoms with Crippen LogP contribution in [0.15, 0.2) is 0 Å². The second-order valence-electron chi connectivity index (χ2n) is 8.44. The molecule has 0 radical (unpaired) electrons. The summed E-state index contributed by atoms with van der Waals surface area (Å²) in [5.74, 6) is -11.0. The maximum Gasteiger partial charge on any atom is 0.459 e. The monoisotopic (exact) mass is 466 g/mol. The zero-order chi connectivity index (χ0) is 23.2. The molecule has 186 valence electrons. The summed E-state index contributed by atoms with van der Waals surface area (Å²) in [6.45, 7) is 1.56. The van der Waals surface area contributed by atoms with Crippen LogP contribution in [0.1, 0.15) is 103 Å². The highest BCUT2D eigenvalue weighted by Gasteiger charge is 2.72. The molecule has 1 aliphatic heterocycles. The average Bonchev–Trinajstić information content (AvgIpc) is 3.20. The molecule has 1 fully saturated rings. The Morgan fingerprint density at radius 1 is 0.645 bits per heavy atom. The molecule has 1 saturated heterocycles. The van der Waals surface area contributed by atoms with Gasteiger partial charge in [0.15, 0.2) is 6.29 Å². The lowest BCUT2D eigenvalue weighted by atomic mass is 10.0. The Morgan fingerprint density at radius 3 is 1.52 bits per heavy atom. The summed E-state index contributed by atoms with van der Waals surface area (Å²) in [6, 6.07) is 0. The van der Waals surface area contributed by atoms with E-state index in [2.05, 4.69) is 0 Å². The summed E-state index contributed by atoms with van der Waals surface area (Å²) in [5.41, 5.74) is 0. The topological polar surface area (TPSA) is 18.5 Å². The Morgan fingerprint density at radius 2 is 1.10 bits per heavy atom. The molecule has 1 aliphatic rings. The lowest BCUT2D eigenvalue weighted by Gasteiger charge is -2.28. The molecule has 9 heteroatoms. The van der Waals surface area contributed by atoms with Crippen molar-refractivity contribution in [2.45, 2.75) is 127 Å². The summed E-state index contributed by atoms with van der Waals surface area (Å²) in [6.07, 6.45) is 5.61. The van der Waals surface area contributed by atoms with Crippen LogP contribution in [0.5, 0.6) is 0 Å². The van der Waals surface area contributed by atoms with E-state index >= 15 is 0 Å². The van der Waals surface area contributed by atoms with E-state index in [1.165, 1.54) is 19.3 Å². The van der Waals surface area contributed by atoms with Crippen LogP contribution in [0.25, 0.3) is 0 Å². The fraction of sp³-hybridized carbons (Fsp3) is 1.00. The summed E-state index contributed by atoms with van der Waals surface area (Å²) in [7, 11) is 0. The molecule has 0 N–H and O–H groups in total. The number of rotatable bonds is 18. The van der Waals surface area contributed by atoms with Crippen LogP contribution in [0.4, 0.5) is 30.7 Å². The molecule has 0 saturated carbocycles. The van der Waals surface area contributed by atoms with Crippen LogP contribution in [0.2, 0.25) is 0 Å². The number of alkyl halides is 7. The van der Waals surface area contributed by atoms with E-state index in [1.54, 1.807) is 0 Å². The molecule has 1 atom stereocenters. The van der Waals surface area contributed by atoms with Gasteiger partial charge in [-0.15, -0.1) is 0 Å². The average molecular weight is 467 g/mol. The highest BCUT2D eigenvalue weighted by atomic mass is 19.4. The van der Waals surface area contributed by atoms with Crippen LogP contribution in [-0.4, -0.2) is 37.5 Å². The SMILES string of the molecule is FC(F)(F)C(F)(F)C(F)(F)CCCCCCCCCCCCCCCOC1CCCO1. The predicted octanol–water partition coefficient (Wildman–Crippen LogP) is 8.43. The molecule has 2 nitrogen and oxygen atoms in total. The van der Waals surface area contributed by atoms with Gasteiger partial charge in [-0.25, -0.2) is 0 Å². The minimum absolute atomic E-state index is 0.0000723. The predicted molar refractivity (Wildman–Crippen MR) is 106 cm³/mol. The van der Waals surface area contributed by atoms with E-state index in [1.807, 2.05) is 0 Å². The molecule has 0 amide bonds. The zero-order valence-corrected chi connectivity index (χ0v) is 18.3. The molecular formula is C22H37F7O2. The van der Waals surface area contributed by atoms with Crippen molar-refractivity contribution in [3.05, 3.63) is 0 Å². The van der Waals surface area contributed by atoms with E-state index < -0.39 is 24.4 Å². The number of unbranched alkanes of at least 4 members (excludes halogenated alkanes) is 12. The lowest BCUT2D eigenvalue weighted by Crippen LogP contribution is -2.51. The third-order valence-electron chi connectivity index (χ3n) is 5.64. The van der Waals surface area contributed by atoms with E-state index in [-0.39, 0.29) is 19.1 Å². The lowest BCUT2D eigenvalue weighted by molar-refractivity contribution is -0.355. The van der Waals surface area contributed by atoms with Crippen molar-refractivity contribution in [2.75, 3.05) is 13.2 Å². The largest absolute Gasteiger partial charge is 0.459 e. The Hall–Kier alpha value is -0.570. The van der Waals surface area contributed by atoms with Gasteiger partial charge in [0.2, 0.25) is 0 Å². The summed E-state index contributed by atoms with van der Waals surface area (Å²) in [4.78, 5) is 0. The van der Waals surface area contributed by atoms with Gasteiger partial charge in [-0.2, -0.15) is 30.7 Å². The van der Waals surface area contributed by atoms with Crippen LogP contribution in [0, 0.1) is 0 Å². The summed E-state index contributed by atoms with van der Waals surface area (Å²) >= 11 is 0. The van der Waals surface area contributed by atoms with Crippen molar-refractivity contribution >= 4 is 0 Å². The standard InChI is InChI=1S/C22H37F7O2/c23-20(24,21(25,26)22(27,28)29)16-12-10-8-6-4-2-1-3-5-7-9-11-13-17-30-19-15-14-18-31-19/h19H,1-18H2. The van der Waals surface area contributed by atoms with Gasteiger partial charge in [0.25, 0.3) is 0 Å². The fourth-order valence-electron chi connectivity index (χ4n) is 3.65. The molecule has 1 heterocycles. The Labute approximate surface area is 181 Å².